The van der Waals surface area contributed by atoms with Crippen molar-refractivity contribution in [3.8, 4) is 0 Å². The highest BCUT2D eigenvalue weighted by molar-refractivity contribution is 7.92. The van der Waals surface area contributed by atoms with Gasteiger partial charge in [-0.2, -0.15) is 0 Å². The number of rotatable bonds is 5. The summed E-state index contributed by atoms with van der Waals surface area (Å²) in [4.78, 5) is 4.46. The van der Waals surface area contributed by atoms with E-state index >= 15 is 0 Å². The molecule has 0 aliphatic rings. The van der Waals surface area contributed by atoms with Crippen LogP contribution >= 0.6 is 11.6 Å². The van der Waals surface area contributed by atoms with Gasteiger partial charge in [-0.05, 0) is 55.3 Å². The molecule has 26 heavy (non-hydrogen) atoms. The highest BCUT2D eigenvalue weighted by Crippen LogP contribution is 2.30. The Kier molecular flexibility index (Phi) is 5.15. The molecule has 3 aromatic rings. The fourth-order valence-corrected chi connectivity index (χ4v) is 3.98. The van der Waals surface area contributed by atoms with Gasteiger partial charge in [-0.15, -0.1) is 0 Å². The van der Waals surface area contributed by atoms with E-state index in [0.29, 0.717) is 16.5 Å². The molecule has 2 aromatic carbocycles. The van der Waals surface area contributed by atoms with E-state index in [9.17, 15) is 8.42 Å². The number of aromatic nitrogens is 1. The zero-order chi connectivity index (χ0) is 18.7. The summed E-state index contributed by atoms with van der Waals surface area (Å²) in [6.45, 7) is 3.94. The standard InChI is InChI=1S/C19H18ClN3O2S/c1-13-10-14(2)19(17(20)11-13)22-18-9-8-15(12-21-18)23-26(24,25)16-6-4-3-5-7-16/h3-12,23H,1-2H3,(H,21,22). The summed E-state index contributed by atoms with van der Waals surface area (Å²) in [6, 6.07) is 15.4. The van der Waals surface area contributed by atoms with Crippen molar-refractivity contribution >= 4 is 38.8 Å². The van der Waals surface area contributed by atoms with E-state index in [-0.39, 0.29) is 4.90 Å². The molecule has 5 nitrogen and oxygen atoms in total. The van der Waals surface area contributed by atoms with Crippen LogP contribution in [0, 0.1) is 13.8 Å². The number of pyridine rings is 1. The highest BCUT2D eigenvalue weighted by atomic mass is 35.5. The maximum atomic E-state index is 12.3. The second-order valence-electron chi connectivity index (χ2n) is 5.91. The van der Waals surface area contributed by atoms with Crippen LogP contribution in [-0.2, 0) is 10.0 Å². The number of anilines is 3. The summed E-state index contributed by atoms with van der Waals surface area (Å²) in [5.74, 6) is 0.571. The average Bonchev–Trinajstić information content (AvgIpc) is 2.60. The number of benzene rings is 2. The third-order valence-corrected chi connectivity index (χ3v) is 5.45. The summed E-state index contributed by atoms with van der Waals surface area (Å²) in [7, 11) is -3.63. The first-order chi connectivity index (χ1) is 12.3. The number of hydrogen-bond acceptors (Lipinski definition) is 4. The summed E-state index contributed by atoms with van der Waals surface area (Å²) < 4.78 is 27.2. The first-order valence-corrected chi connectivity index (χ1v) is 9.79. The van der Waals surface area contributed by atoms with E-state index in [1.807, 2.05) is 26.0 Å². The lowest BCUT2D eigenvalue weighted by atomic mass is 10.1. The molecular weight excluding hydrogens is 370 g/mol. The molecule has 3 rings (SSSR count). The Hall–Kier alpha value is -2.57. The zero-order valence-electron chi connectivity index (χ0n) is 14.3. The molecule has 0 aliphatic heterocycles. The minimum absolute atomic E-state index is 0.198. The molecule has 0 saturated carbocycles. The molecule has 7 heteroatoms. The van der Waals surface area contributed by atoms with Crippen LogP contribution < -0.4 is 10.0 Å². The van der Waals surface area contributed by atoms with Crippen molar-refractivity contribution in [1.29, 1.82) is 0 Å². The Bertz CT molecular complexity index is 997. The smallest absolute Gasteiger partial charge is 0.261 e. The number of aryl methyl sites for hydroxylation is 2. The van der Waals surface area contributed by atoms with Gasteiger partial charge in [-0.3, -0.25) is 4.72 Å². The van der Waals surface area contributed by atoms with E-state index < -0.39 is 10.0 Å². The predicted molar refractivity (Wildman–Crippen MR) is 106 cm³/mol. The zero-order valence-corrected chi connectivity index (χ0v) is 15.9. The van der Waals surface area contributed by atoms with E-state index in [1.165, 1.54) is 18.3 Å². The van der Waals surface area contributed by atoms with Gasteiger partial charge < -0.3 is 5.32 Å². The van der Waals surface area contributed by atoms with Crippen LogP contribution in [0.15, 0.2) is 65.7 Å². The summed E-state index contributed by atoms with van der Waals surface area (Å²) in [5, 5.41) is 3.78. The number of sulfonamides is 1. The van der Waals surface area contributed by atoms with Gasteiger partial charge >= 0.3 is 0 Å². The summed E-state index contributed by atoms with van der Waals surface area (Å²) in [6.07, 6.45) is 1.46. The van der Waals surface area contributed by atoms with Gasteiger partial charge in [0.15, 0.2) is 0 Å². The minimum atomic E-state index is -3.63. The molecule has 0 bridgehead atoms. The monoisotopic (exact) mass is 387 g/mol. The van der Waals surface area contributed by atoms with Gasteiger partial charge in [-0.1, -0.05) is 35.9 Å². The molecule has 0 atom stereocenters. The van der Waals surface area contributed by atoms with Crippen molar-refractivity contribution in [3.05, 3.63) is 76.9 Å². The van der Waals surface area contributed by atoms with E-state index in [4.69, 9.17) is 11.6 Å². The van der Waals surface area contributed by atoms with Crippen molar-refractivity contribution < 1.29 is 8.42 Å². The Morgan fingerprint density at radius 3 is 2.35 bits per heavy atom. The number of nitrogens with one attached hydrogen (secondary N) is 2. The van der Waals surface area contributed by atoms with Crippen molar-refractivity contribution in [2.24, 2.45) is 0 Å². The van der Waals surface area contributed by atoms with Crippen LogP contribution in [0.2, 0.25) is 5.02 Å². The average molecular weight is 388 g/mol. The van der Waals surface area contributed by atoms with Crippen molar-refractivity contribution in [3.63, 3.8) is 0 Å². The van der Waals surface area contributed by atoms with Gasteiger partial charge in [0, 0.05) is 0 Å². The molecule has 0 radical (unpaired) electrons. The molecule has 0 amide bonds. The fourth-order valence-electron chi connectivity index (χ4n) is 2.54. The third kappa shape index (κ3) is 4.15. The molecule has 0 spiro atoms. The maximum Gasteiger partial charge on any atom is 0.261 e. The number of halogens is 1. The number of nitrogens with zero attached hydrogens (tertiary/aromatic N) is 1. The lowest BCUT2D eigenvalue weighted by Crippen LogP contribution is -2.13. The van der Waals surface area contributed by atoms with Crippen LogP contribution in [0.1, 0.15) is 11.1 Å². The molecule has 2 N–H and O–H groups in total. The lowest BCUT2D eigenvalue weighted by molar-refractivity contribution is 0.601. The first-order valence-electron chi connectivity index (χ1n) is 7.93. The minimum Gasteiger partial charge on any atom is -0.339 e. The van der Waals surface area contributed by atoms with Crippen LogP contribution in [0.3, 0.4) is 0 Å². The topological polar surface area (TPSA) is 71.1 Å². The Labute approximate surface area is 158 Å². The maximum absolute atomic E-state index is 12.3. The molecular formula is C19H18ClN3O2S. The third-order valence-electron chi connectivity index (χ3n) is 3.75. The van der Waals surface area contributed by atoms with Crippen LogP contribution in [0.5, 0.6) is 0 Å². The fraction of sp³-hybridized carbons (Fsp3) is 0.105. The Morgan fingerprint density at radius 2 is 1.73 bits per heavy atom. The van der Waals surface area contributed by atoms with Crippen molar-refractivity contribution in [2.45, 2.75) is 18.7 Å². The van der Waals surface area contributed by atoms with E-state index in [2.05, 4.69) is 15.0 Å². The molecule has 134 valence electrons. The SMILES string of the molecule is Cc1cc(C)c(Nc2ccc(NS(=O)(=O)c3ccccc3)cn2)c(Cl)c1. The van der Waals surface area contributed by atoms with Gasteiger partial charge in [0.2, 0.25) is 0 Å². The quantitative estimate of drug-likeness (QED) is 0.653. The van der Waals surface area contributed by atoms with Gasteiger partial charge in [0.25, 0.3) is 10.0 Å². The second-order valence-corrected chi connectivity index (χ2v) is 8.00. The van der Waals surface area contributed by atoms with Crippen molar-refractivity contribution in [1.82, 2.24) is 4.98 Å². The highest BCUT2D eigenvalue weighted by Gasteiger charge is 2.13. The van der Waals surface area contributed by atoms with Crippen LogP contribution in [-0.4, -0.2) is 13.4 Å². The normalized spacial score (nSPS) is 11.2. The first kappa shape index (κ1) is 18.2. The van der Waals surface area contributed by atoms with Gasteiger partial charge in [0.1, 0.15) is 5.82 Å². The van der Waals surface area contributed by atoms with Gasteiger partial charge in [-0.25, -0.2) is 13.4 Å². The molecule has 1 heterocycles. The number of hydrogen-bond donors (Lipinski definition) is 2. The van der Waals surface area contributed by atoms with E-state index in [0.717, 1.165) is 16.8 Å². The molecule has 0 unspecified atom stereocenters. The summed E-state index contributed by atoms with van der Waals surface area (Å²) in [5.41, 5.74) is 3.25. The lowest BCUT2D eigenvalue weighted by Gasteiger charge is -2.13. The van der Waals surface area contributed by atoms with Crippen molar-refractivity contribution in [2.75, 3.05) is 10.0 Å². The summed E-state index contributed by atoms with van der Waals surface area (Å²) >= 11 is 6.29. The Balaban J connectivity index is 1.77. The van der Waals surface area contributed by atoms with Crippen LogP contribution in [0.25, 0.3) is 0 Å². The molecule has 1 aromatic heterocycles. The Morgan fingerprint density at radius 1 is 1.00 bits per heavy atom. The van der Waals surface area contributed by atoms with E-state index in [1.54, 1.807) is 30.3 Å². The largest absolute Gasteiger partial charge is 0.339 e. The molecule has 0 aliphatic carbocycles. The van der Waals surface area contributed by atoms with Gasteiger partial charge in [0.05, 0.1) is 27.5 Å². The molecule has 0 saturated heterocycles. The van der Waals surface area contributed by atoms with Crippen LogP contribution in [0.4, 0.5) is 17.2 Å². The molecule has 0 fully saturated rings. The second kappa shape index (κ2) is 7.35. The predicted octanol–water partition coefficient (Wildman–Crippen LogP) is 4.90.